The highest BCUT2D eigenvalue weighted by molar-refractivity contribution is 7.20. The molecule has 1 aromatic carbocycles. The molecule has 0 saturated carbocycles. The lowest BCUT2D eigenvalue weighted by Gasteiger charge is -2.19. The van der Waals surface area contributed by atoms with Gasteiger partial charge in [-0.2, -0.15) is 0 Å². The third-order valence-electron chi connectivity index (χ3n) is 6.01. The molecule has 0 radical (unpaired) electrons. The number of rotatable bonds is 8. The van der Waals surface area contributed by atoms with Gasteiger partial charge in [0.25, 0.3) is 5.91 Å². The van der Waals surface area contributed by atoms with Gasteiger partial charge in [-0.15, -0.1) is 11.3 Å². The highest BCUT2D eigenvalue weighted by Gasteiger charge is 2.22. The molecular weight excluding hydrogens is 413 g/mol. The quantitative estimate of drug-likeness (QED) is 0.553. The fourth-order valence-corrected chi connectivity index (χ4v) is 5.28. The van der Waals surface area contributed by atoms with E-state index in [1.807, 2.05) is 13.0 Å². The van der Waals surface area contributed by atoms with Gasteiger partial charge in [0.2, 0.25) is 0 Å². The molecule has 0 spiro atoms. The molecule has 1 aliphatic heterocycles. The number of nitrogens with zero attached hydrogens (tertiary/aromatic N) is 3. The number of aryl methyl sites for hydroxylation is 1. The Morgan fingerprint density at radius 2 is 2.13 bits per heavy atom. The second-order valence-corrected chi connectivity index (χ2v) is 9.05. The minimum Gasteiger partial charge on any atom is -0.369 e. The van der Waals surface area contributed by atoms with Crippen LogP contribution in [0.25, 0.3) is 10.2 Å². The second-order valence-electron chi connectivity index (χ2n) is 8.05. The third kappa shape index (κ3) is 4.85. The van der Waals surface area contributed by atoms with Crippen LogP contribution in [0.5, 0.6) is 0 Å². The number of aromatic nitrogens is 2. The number of carbonyl (C=O) groups is 1. The number of hydrogen-bond acceptors (Lipinski definition) is 6. The number of amides is 1. The summed E-state index contributed by atoms with van der Waals surface area (Å²) in [7, 11) is 2.15. The van der Waals surface area contributed by atoms with E-state index < -0.39 is 0 Å². The molecule has 2 aromatic heterocycles. The average Bonchev–Trinajstić information content (AvgIpc) is 3.33. The number of nitrogens with one attached hydrogen (secondary N) is 2. The van der Waals surface area contributed by atoms with Crippen molar-refractivity contribution in [1.29, 1.82) is 0 Å². The van der Waals surface area contributed by atoms with Crippen molar-refractivity contribution in [2.45, 2.75) is 38.6 Å². The van der Waals surface area contributed by atoms with E-state index in [2.05, 4.69) is 32.5 Å². The highest BCUT2D eigenvalue weighted by atomic mass is 32.1. The molecule has 0 aliphatic carbocycles. The maximum Gasteiger partial charge on any atom is 0.261 e. The van der Waals surface area contributed by atoms with Crippen LogP contribution in [0.4, 0.5) is 10.2 Å². The molecule has 1 fully saturated rings. The first kappa shape index (κ1) is 21.6. The summed E-state index contributed by atoms with van der Waals surface area (Å²) < 4.78 is 13.8. The average molecular weight is 442 g/mol. The Bertz CT molecular complexity index is 1070. The lowest BCUT2D eigenvalue weighted by molar-refractivity contribution is 0.0954. The van der Waals surface area contributed by atoms with Crippen LogP contribution in [0.15, 0.2) is 30.6 Å². The van der Waals surface area contributed by atoms with Crippen LogP contribution in [0, 0.1) is 12.7 Å². The number of carbonyl (C=O) groups excluding carboxylic acids is 1. The summed E-state index contributed by atoms with van der Waals surface area (Å²) in [6, 6.07) is 7.33. The van der Waals surface area contributed by atoms with Crippen molar-refractivity contribution in [1.82, 2.24) is 20.2 Å². The maximum atomic E-state index is 13.8. The van der Waals surface area contributed by atoms with Crippen molar-refractivity contribution in [3.8, 4) is 0 Å². The largest absolute Gasteiger partial charge is 0.369 e. The van der Waals surface area contributed by atoms with Crippen LogP contribution >= 0.6 is 11.3 Å². The van der Waals surface area contributed by atoms with Crippen molar-refractivity contribution in [2.24, 2.45) is 0 Å². The summed E-state index contributed by atoms with van der Waals surface area (Å²) in [5, 5.41) is 7.23. The first-order valence-corrected chi connectivity index (χ1v) is 11.6. The normalized spacial score (nSPS) is 16.7. The SMILES string of the molecule is Cc1c(C(=O)NCC[C@@H]2CCCN2C)sc2ncnc(NCCc3ccccc3F)c12. The van der Waals surface area contributed by atoms with E-state index in [0.29, 0.717) is 41.8 Å². The Balaban J connectivity index is 1.42. The molecule has 2 N–H and O–H groups in total. The summed E-state index contributed by atoms with van der Waals surface area (Å²) in [4.78, 5) is 25.4. The zero-order valence-electron chi connectivity index (χ0n) is 17.9. The van der Waals surface area contributed by atoms with E-state index in [1.54, 1.807) is 12.1 Å². The molecule has 1 aliphatic rings. The van der Waals surface area contributed by atoms with Crippen LogP contribution in [0.3, 0.4) is 0 Å². The molecule has 1 atom stereocenters. The van der Waals surface area contributed by atoms with Crippen LogP contribution in [0.2, 0.25) is 0 Å². The topological polar surface area (TPSA) is 70.2 Å². The molecule has 0 unspecified atom stereocenters. The summed E-state index contributed by atoms with van der Waals surface area (Å²) in [6.45, 7) is 4.28. The van der Waals surface area contributed by atoms with Crippen LogP contribution in [0.1, 0.15) is 40.1 Å². The molecule has 1 amide bonds. The molecule has 6 nitrogen and oxygen atoms in total. The van der Waals surface area contributed by atoms with Gasteiger partial charge >= 0.3 is 0 Å². The van der Waals surface area contributed by atoms with E-state index in [1.165, 1.54) is 36.6 Å². The molecule has 4 rings (SSSR count). The second kappa shape index (κ2) is 9.70. The number of thiophene rings is 1. The highest BCUT2D eigenvalue weighted by Crippen LogP contribution is 2.33. The Labute approximate surface area is 185 Å². The zero-order valence-corrected chi connectivity index (χ0v) is 18.8. The van der Waals surface area contributed by atoms with Gasteiger partial charge in [0, 0.05) is 19.1 Å². The van der Waals surface area contributed by atoms with Crippen LogP contribution in [-0.4, -0.2) is 53.5 Å². The minimum atomic E-state index is -0.202. The van der Waals surface area contributed by atoms with Crippen molar-refractivity contribution >= 4 is 33.3 Å². The molecule has 1 saturated heterocycles. The van der Waals surface area contributed by atoms with Gasteiger partial charge in [-0.25, -0.2) is 14.4 Å². The molecule has 3 heterocycles. The molecule has 8 heteroatoms. The fourth-order valence-electron chi connectivity index (χ4n) is 4.22. The summed E-state index contributed by atoms with van der Waals surface area (Å²) >= 11 is 1.39. The molecule has 3 aromatic rings. The first-order valence-electron chi connectivity index (χ1n) is 10.7. The van der Waals surface area contributed by atoms with E-state index in [9.17, 15) is 9.18 Å². The number of fused-ring (bicyclic) bond motifs is 1. The molecule has 31 heavy (non-hydrogen) atoms. The van der Waals surface area contributed by atoms with E-state index in [0.717, 1.165) is 28.7 Å². The van der Waals surface area contributed by atoms with Crippen LogP contribution < -0.4 is 10.6 Å². The summed E-state index contributed by atoms with van der Waals surface area (Å²) in [6.07, 6.45) is 5.45. The Morgan fingerprint density at radius 3 is 2.90 bits per heavy atom. The number of hydrogen-bond donors (Lipinski definition) is 2. The molecular formula is C23H28FN5OS. The van der Waals surface area contributed by atoms with Crippen molar-refractivity contribution in [3.05, 3.63) is 52.4 Å². The predicted molar refractivity (Wildman–Crippen MR) is 123 cm³/mol. The number of benzene rings is 1. The lowest BCUT2D eigenvalue weighted by atomic mass is 10.1. The summed E-state index contributed by atoms with van der Waals surface area (Å²) in [5.74, 6) is 0.423. The van der Waals surface area contributed by atoms with Gasteiger partial charge in [-0.1, -0.05) is 18.2 Å². The van der Waals surface area contributed by atoms with Gasteiger partial charge in [0.1, 0.15) is 22.8 Å². The van der Waals surface area contributed by atoms with Gasteiger partial charge < -0.3 is 15.5 Å². The third-order valence-corrected chi connectivity index (χ3v) is 7.21. The van der Waals surface area contributed by atoms with Gasteiger partial charge in [-0.3, -0.25) is 4.79 Å². The smallest absolute Gasteiger partial charge is 0.261 e. The van der Waals surface area contributed by atoms with Crippen molar-refractivity contribution in [2.75, 3.05) is 32.0 Å². The monoisotopic (exact) mass is 441 g/mol. The number of likely N-dealkylation sites (tertiary alicyclic amines) is 1. The van der Waals surface area contributed by atoms with Crippen LogP contribution in [-0.2, 0) is 6.42 Å². The fraction of sp³-hybridized carbons (Fsp3) is 0.435. The van der Waals surface area contributed by atoms with Crippen molar-refractivity contribution < 1.29 is 9.18 Å². The molecule has 0 bridgehead atoms. The minimum absolute atomic E-state index is 0.0570. The maximum absolute atomic E-state index is 13.8. The van der Waals surface area contributed by atoms with E-state index >= 15 is 0 Å². The first-order chi connectivity index (χ1) is 15.0. The van der Waals surface area contributed by atoms with E-state index in [-0.39, 0.29) is 11.7 Å². The number of anilines is 1. The Morgan fingerprint density at radius 1 is 1.29 bits per heavy atom. The Kier molecular flexibility index (Phi) is 6.77. The zero-order chi connectivity index (χ0) is 21.8. The lowest BCUT2D eigenvalue weighted by Crippen LogP contribution is -2.31. The predicted octanol–water partition coefficient (Wildman–Crippen LogP) is 4.01. The molecule has 164 valence electrons. The standard InChI is InChI=1S/C23H28FN5OS/c1-15-19-21(25-11-9-16-6-3-4-8-18(16)24)27-14-28-23(19)31-20(15)22(30)26-12-10-17-7-5-13-29(17)2/h3-4,6,8,14,17H,5,7,9-13H2,1-2H3,(H,26,30)(H,25,27,28)/t17-/m0/s1. The van der Waals surface area contributed by atoms with Gasteiger partial charge in [-0.05, 0) is 63.4 Å². The van der Waals surface area contributed by atoms with Gasteiger partial charge in [0.05, 0.1) is 10.3 Å². The summed E-state index contributed by atoms with van der Waals surface area (Å²) in [5.41, 5.74) is 1.54. The van der Waals surface area contributed by atoms with Crippen molar-refractivity contribution in [3.63, 3.8) is 0 Å². The Hall–Kier alpha value is -2.58. The van der Waals surface area contributed by atoms with Gasteiger partial charge in [0.15, 0.2) is 0 Å². The van der Waals surface area contributed by atoms with E-state index in [4.69, 9.17) is 0 Å². The number of halogens is 1.